The average Bonchev–Trinajstić information content (AvgIpc) is 3.17. The Kier molecular flexibility index (Phi) is 5.63. The highest BCUT2D eigenvalue weighted by Crippen LogP contribution is 2.29. The number of nitrogens with one attached hydrogen (secondary N) is 2. The van der Waals surface area contributed by atoms with Gasteiger partial charge >= 0.3 is 0 Å². The van der Waals surface area contributed by atoms with Crippen molar-refractivity contribution >= 4 is 45.6 Å². The molecule has 1 aliphatic heterocycles. The predicted molar refractivity (Wildman–Crippen MR) is 114 cm³/mol. The maximum atomic E-state index is 12.0. The SMILES string of the molecule is CNC(=O)c1nc2c(N3CCOCC3)nc(N/N=C/c3cccc(C)c3)nc2s1. The molecule has 0 unspecified atom stereocenters. The van der Waals surface area contributed by atoms with Gasteiger partial charge in [0.15, 0.2) is 15.7 Å². The highest BCUT2D eigenvalue weighted by atomic mass is 32.1. The smallest absolute Gasteiger partial charge is 0.280 e. The lowest BCUT2D eigenvalue weighted by molar-refractivity contribution is 0.0963. The molecule has 1 amide bonds. The van der Waals surface area contributed by atoms with E-state index in [4.69, 9.17) is 4.74 Å². The fraction of sp³-hybridized carbons (Fsp3) is 0.316. The van der Waals surface area contributed by atoms with Gasteiger partial charge in [-0.1, -0.05) is 41.2 Å². The number of anilines is 2. The normalized spacial score (nSPS) is 14.5. The second kappa shape index (κ2) is 8.50. The van der Waals surface area contributed by atoms with Crippen molar-refractivity contribution in [2.24, 2.45) is 5.10 Å². The molecule has 0 radical (unpaired) electrons. The number of amides is 1. The monoisotopic (exact) mass is 411 g/mol. The molecule has 0 bridgehead atoms. The van der Waals surface area contributed by atoms with Crippen LogP contribution >= 0.6 is 11.3 Å². The van der Waals surface area contributed by atoms with Crippen LogP contribution in [0.15, 0.2) is 29.4 Å². The summed E-state index contributed by atoms with van der Waals surface area (Å²) in [6.45, 7) is 4.67. The van der Waals surface area contributed by atoms with E-state index in [1.54, 1.807) is 13.3 Å². The average molecular weight is 411 g/mol. The molecule has 3 heterocycles. The van der Waals surface area contributed by atoms with Crippen molar-refractivity contribution in [2.45, 2.75) is 6.92 Å². The summed E-state index contributed by atoms with van der Waals surface area (Å²) in [6.07, 6.45) is 1.72. The molecule has 0 aliphatic carbocycles. The third-order valence-electron chi connectivity index (χ3n) is 4.39. The Labute approximate surface area is 171 Å². The Hall–Kier alpha value is -3.11. The molecule has 1 aliphatic rings. The molecule has 0 saturated carbocycles. The van der Waals surface area contributed by atoms with Gasteiger partial charge in [-0.05, 0) is 12.5 Å². The zero-order valence-corrected chi connectivity index (χ0v) is 17.0. The summed E-state index contributed by atoms with van der Waals surface area (Å²) in [5, 5.41) is 7.22. The van der Waals surface area contributed by atoms with Crippen LogP contribution in [0, 0.1) is 6.92 Å². The van der Waals surface area contributed by atoms with Crippen LogP contribution in [0.1, 0.15) is 20.9 Å². The van der Waals surface area contributed by atoms with E-state index in [2.05, 4.69) is 35.7 Å². The van der Waals surface area contributed by atoms with E-state index in [0.717, 1.165) is 11.1 Å². The molecule has 29 heavy (non-hydrogen) atoms. The number of nitrogens with zero attached hydrogens (tertiary/aromatic N) is 5. The highest BCUT2D eigenvalue weighted by Gasteiger charge is 2.22. The minimum Gasteiger partial charge on any atom is -0.378 e. The number of thiazole rings is 1. The fourth-order valence-corrected chi connectivity index (χ4v) is 3.85. The first-order valence-electron chi connectivity index (χ1n) is 9.23. The Morgan fingerprint density at radius 3 is 2.86 bits per heavy atom. The molecular formula is C19H21N7O2S. The zero-order valence-electron chi connectivity index (χ0n) is 16.2. The van der Waals surface area contributed by atoms with Crippen LogP contribution in [0.2, 0.25) is 0 Å². The van der Waals surface area contributed by atoms with Crippen molar-refractivity contribution in [1.29, 1.82) is 0 Å². The maximum absolute atomic E-state index is 12.0. The number of carbonyl (C=O) groups is 1. The van der Waals surface area contributed by atoms with Gasteiger partial charge in [0.1, 0.15) is 5.52 Å². The second-order valence-corrected chi connectivity index (χ2v) is 7.48. The number of hydrogen-bond donors (Lipinski definition) is 2. The molecule has 10 heteroatoms. The summed E-state index contributed by atoms with van der Waals surface area (Å²) in [5.41, 5.74) is 5.66. The van der Waals surface area contributed by atoms with Crippen molar-refractivity contribution in [1.82, 2.24) is 20.3 Å². The van der Waals surface area contributed by atoms with Gasteiger partial charge in [-0.15, -0.1) is 0 Å². The number of aryl methyl sites for hydroxylation is 1. The first-order chi connectivity index (χ1) is 14.1. The first-order valence-corrected chi connectivity index (χ1v) is 10.0. The number of ether oxygens (including phenoxy) is 1. The van der Waals surface area contributed by atoms with Gasteiger partial charge < -0.3 is 15.0 Å². The molecule has 4 rings (SSSR count). The number of aromatic nitrogens is 3. The number of morpholine rings is 1. The number of carbonyl (C=O) groups excluding carboxylic acids is 1. The highest BCUT2D eigenvalue weighted by molar-refractivity contribution is 7.20. The van der Waals surface area contributed by atoms with Gasteiger partial charge in [0.2, 0.25) is 5.95 Å². The first kappa shape index (κ1) is 19.2. The Balaban J connectivity index is 1.67. The van der Waals surface area contributed by atoms with Crippen LogP contribution in [-0.4, -0.2) is 60.4 Å². The lowest BCUT2D eigenvalue weighted by Crippen LogP contribution is -2.37. The summed E-state index contributed by atoms with van der Waals surface area (Å²) in [6, 6.07) is 8.02. The maximum Gasteiger partial charge on any atom is 0.280 e. The zero-order chi connectivity index (χ0) is 20.2. The largest absolute Gasteiger partial charge is 0.378 e. The van der Waals surface area contributed by atoms with E-state index >= 15 is 0 Å². The summed E-state index contributed by atoms with van der Waals surface area (Å²) < 4.78 is 5.44. The van der Waals surface area contributed by atoms with Crippen LogP contribution in [0.25, 0.3) is 10.3 Å². The lowest BCUT2D eigenvalue weighted by Gasteiger charge is -2.27. The van der Waals surface area contributed by atoms with E-state index in [-0.39, 0.29) is 5.91 Å². The number of hydrazone groups is 1. The Bertz CT molecular complexity index is 1060. The quantitative estimate of drug-likeness (QED) is 0.489. The molecule has 2 N–H and O–H groups in total. The van der Waals surface area contributed by atoms with Crippen LogP contribution in [0.3, 0.4) is 0 Å². The van der Waals surface area contributed by atoms with Gasteiger partial charge in [-0.25, -0.2) is 10.4 Å². The molecular weight excluding hydrogens is 390 g/mol. The fourth-order valence-electron chi connectivity index (χ4n) is 2.97. The summed E-state index contributed by atoms with van der Waals surface area (Å²) in [4.78, 5) is 28.3. The van der Waals surface area contributed by atoms with Gasteiger partial charge in [-0.2, -0.15) is 15.1 Å². The predicted octanol–water partition coefficient (Wildman–Crippen LogP) is 2.04. The minimum atomic E-state index is -0.243. The number of hydrogen-bond acceptors (Lipinski definition) is 9. The van der Waals surface area contributed by atoms with Crippen LogP contribution in [0.4, 0.5) is 11.8 Å². The van der Waals surface area contributed by atoms with Crippen LogP contribution in [-0.2, 0) is 4.74 Å². The van der Waals surface area contributed by atoms with Crippen LogP contribution < -0.4 is 15.6 Å². The Morgan fingerprint density at radius 1 is 1.28 bits per heavy atom. The molecule has 1 fully saturated rings. The third-order valence-corrected chi connectivity index (χ3v) is 5.34. The van der Waals surface area contributed by atoms with Gasteiger partial charge in [0.05, 0.1) is 19.4 Å². The topological polar surface area (TPSA) is 105 Å². The number of fused-ring (bicyclic) bond motifs is 1. The minimum absolute atomic E-state index is 0.243. The van der Waals surface area contributed by atoms with E-state index in [0.29, 0.717) is 53.4 Å². The van der Waals surface area contributed by atoms with Gasteiger partial charge in [0.25, 0.3) is 5.91 Å². The van der Waals surface area contributed by atoms with E-state index < -0.39 is 0 Å². The van der Waals surface area contributed by atoms with Crippen molar-refractivity contribution in [3.63, 3.8) is 0 Å². The van der Waals surface area contributed by atoms with Gasteiger partial charge in [-0.3, -0.25) is 4.79 Å². The molecule has 150 valence electrons. The second-order valence-electron chi connectivity index (χ2n) is 6.51. The number of benzene rings is 1. The van der Waals surface area contributed by atoms with Crippen molar-refractivity contribution < 1.29 is 9.53 Å². The van der Waals surface area contributed by atoms with Gasteiger partial charge in [0, 0.05) is 20.1 Å². The lowest BCUT2D eigenvalue weighted by atomic mass is 10.2. The number of rotatable bonds is 5. The van der Waals surface area contributed by atoms with Crippen LogP contribution in [0.5, 0.6) is 0 Å². The van der Waals surface area contributed by atoms with Crippen molar-refractivity contribution in [2.75, 3.05) is 43.7 Å². The molecule has 1 aromatic carbocycles. The molecule has 0 spiro atoms. The van der Waals surface area contributed by atoms with E-state index in [1.165, 1.54) is 11.3 Å². The van der Waals surface area contributed by atoms with E-state index in [9.17, 15) is 4.79 Å². The summed E-state index contributed by atoms with van der Waals surface area (Å²) >= 11 is 1.23. The molecule has 0 atom stereocenters. The standard InChI is InChI=1S/C19H21N7O2S/c1-12-4-3-5-13(10-12)11-21-25-19-23-15(26-6-8-28-9-7-26)14-17(24-19)29-18(22-14)16(27)20-2/h3-5,10-11H,6-9H2,1-2H3,(H,20,27)(H,23,24,25)/b21-11+. The molecule has 9 nitrogen and oxygen atoms in total. The Morgan fingerprint density at radius 2 is 2.10 bits per heavy atom. The third kappa shape index (κ3) is 4.33. The molecule has 1 saturated heterocycles. The van der Waals surface area contributed by atoms with Crippen molar-refractivity contribution in [3.8, 4) is 0 Å². The molecule has 2 aromatic heterocycles. The van der Waals surface area contributed by atoms with Crippen molar-refractivity contribution in [3.05, 3.63) is 40.4 Å². The van der Waals surface area contributed by atoms with E-state index in [1.807, 2.05) is 31.2 Å². The molecule has 3 aromatic rings. The summed E-state index contributed by atoms with van der Waals surface area (Å²) in [5.74, 6) is 0.792. The summed E-state index contributed by atoms with van der Waals surface area (Å²) in [7, 11) is 1.58.